The third-order valence-electron chi connectivity index (χ3n) is 3.42. The predicted octanol–water partition coefficient (Wildman–Crippen LogP) is 1.96. The zero-order chi connectivity index (χ0) is 14.0. The number of halogens is 1. The molecule has 1 aromatic heterocycles. The van der Waals surface area contributed by atoms with Gasteiger partial charge in [0.25, 0.3) is 0 Å². The van der Waals surface area contributed by atoms with Crippen molar-refractivity contribution in [3.8, 4) is 0 Å². The Bertz CT molecular complexity index is 471. The van der Waals surface area contributed by atoms with Crippen LogP contribution in [0.15, 0.2) is 12.1 Å². The number of anilines is 1. The van der Waals surface area contributed by atoms with E-state index in [1.807, 2.05) is 4.90 Å². The van der Waals surface area contributed by atoms with Crippen molar-refractivity contribution in [3.63, 3.8) is 0 Å². The van der Waals surface area contributed by atoms with Crippen molar-refractivity contribution in [2.24, 2.45) is 0 Å². The Labute approximate surface area is 117 Å². The third-order valence-corrected chi connectivity index (χ3v) is 3.63. The van der Waals surface area contributed by atoms with Gasteiger partial charge in [0.2, 0.25) is 0 Å². The van der Waals surface area contributed by atoms with Crippen LogP contribution in [-0.2, 0) is 0 Å². The van der Waals surface area contributed by atoms with Crippen molar-refractivity contribution >= 4 is 23.4 Å². The Kier molecular flexibility index (Phi) is 4.27. The second-order valence-electron chi connectivity index (χ2n) is 4.93. The molecule has 0 amide bonds. The summed E-state index contributed by atoms with van der Waals surface area (Å²) in [6, 6.07) is 3.54. The van der Waals surface area contributed by atoms with Gasteiger partial charge in [0.15, 0.2) is 0 Å². The van der Waals surface area contributed by atoms with Gasteiger partial charge in [0.05, 0.1) is 0 Å². The van der Waals surface area contributed by atoms with Crippen molar-refractivity contribution in [1.82, 2.24) is 9.88 Å². The van der Waals surface area contributed by atoms with E-state index in [1.54, 1.807) is 0 Å². The van der Waals surface area contributed by atoms with E-state index < -0.39 is 5.97 Å². The summed E-state index contributed by atoms with van der Waals surface area (Å²) in [5, 5.41) is 9.53. The first-order chi connectivity index (χ1) is 8.99. The fourth-order valence-corrected chi connectivity index (χ4v) is 2.43. The summed E-state index contributed by atoms with van der Waals surface area (Å²) in [6.45, 7) is 7.68. The monoisotopic (exact) mass is 283 g/mol. The first kappa shape index (κ1) is 14.1. The van der Waals surface area contributed by atoms with Crippen LogP contribution in [0.2, 0.25) is 5.15 Å². The number of aromatic nitrogens is 1. The maximum absolute atomic E-state index is 11.2. The molecule has 0 saturated carbocycles. The minimum absolute atomic E-state index is 0.211. The molecule has 1 aliphatic heterocycles. The van der Waals surface area contributed by atoms with Crippen molar-refractivity contribution in [1.29, 1.82) is 0 Å². The lowest BCUT2D eigenvalue weighted by molar-refractivity contribution is 0.0697. The molecule has 2 rings (SSSR count). The van der Waals surface area contributed by atoms with Crippen LogP contribution in [0.25, 0.3) is 0 Å². The topological polar surface area (TPSA) is 56.7 Å². The van der Waals surface area contributed by atoms with E-state index in [-0.39, 0.29) is 5.56 Å². The molecule has 1 fully saturated rings. The fraction of sp³-hybridized carbons (Fsp3) is 0.538. The minimum atomic E-state index is -0.967. The SMILES string of the molecule is CC(C)N1CCN(c2nc(Cl)ccc2C(=O)O)CC1. The number of pyridine rings is 1. The highest BCUT2D eigenvalue weighted by atomic mass is 35.5. The number of hydrogen-bond donors (Lipinski definition) is 1. The number of piperazine rings is 1. The van der Waals surface area contributed by atoms with E-state index in [0.717, 1.165) is 26.2 Å². The number of aromatic carboxylic acids is 1. The predicted molar refractivity (Wildman–Crippen MR) is 75.1 cm³/mol. The van der Waals surface area contributed by atoms with Gasteiger partial charge in [-0.3, -0.25) is 4.90 Å². The molecule has 2 heterocycles. The maximum Gasteiger partial charge on any atom is 0.339 e. The standard InChI is InChI=1S/C13H18ClN3O2/c1-9(2)16-5-7-17(8-6-16)12-10(13(18)19)3-4-11(14)15-12/h3-4,9H,5-8H2,1-2H3,(H,18,19). The normalized spacial score (nSPS) is 16.9. The van der Waals surface area contributed by atoms with Crippen LogP contribution >= 0.6 is 11.6 Å². The molecule has 19 heavy (non-hydrogen) atoms. The zero-order valence-corrected chi connectivity index (χ0v) is 11.9. The second kappa shape index (κ2) is 5.75. The molecule has 0 aliphatic carbocycles. The molecular formula is C13H18ClN3O2. The van der Waals surface area contributed by atoms with Gasteiger partial charge in [-0.2, -0.15) is 0 Å². The summed E-state index contributed by atoms with van der Waals surface area (Å²) in [7, 11) is 0. The maximum atomic E-state index is 11.2. The smallest absolute Gasteiger partial charge is 0.339 e. The quantitative estimate of drug-likeness (QED) is 0.860. The van der Waals surface area contributed by atoms with Crippen molar-refractivity contribution in [2.75, 3.05) is 31.1 Å². The van der Waals surface area contributed by atoms with Crippen LogP contribution in [0.4, 0.5) is 5.82 Å². The highest BCUT2D eigenvalue weighted by Gasteiger charge is 2.23. The van der Waals surface area contributed by atoms with Gasteiger partial charge in [-0.1, -0.05) is 11.6 Å². The van der Waals surface area contributed by atoms with E-state index in [4.69, 9.17) is 11.6 Å². The van der Waals surface area contributed by atoms with E-state index in [1.165, 1.54) is 12.1 Å². The average molecular weight is 284 g/mol. The van der Waals surface area contributed by atoms with Crippen LogP contribution in [-0.4, -0.2) is 53.2 Å². The molecule has 104 valence electrons. The fourth-order valence-electron chi connectivity index (χ4n) is 2.28. The molecule has 0 radical (unpaired) electrons. The second-order valence-corrected chi connectivity index (χ2v) is 5.31. The van der Waals surface area contributed by atoms with Crippen LogP contribution in [0.5, 0.6) is 0 Å². The molecule has 6 heteroatoms. The largest absolute Gasteiger partial charge is 0.478 e. The molecule has 0 unspecified atom stereocenters. The Morgan fingerprint density at radius 1 is 1.32 bits per heavy atom. The molecule has 0 aromatic carbocycles. The molecule has 1 aliphatic rings. The summed E-state index contributed by atoms with van der Waals surface area (Å²) in [5.41, 5.74) is 0.211. The molecule has 0 spiro atoms. The number of carboxylic acid groups (broad SMARTS) is 1. The highest BCUT2D eigenvalue weighted by Crippen LogP contribution is 2.22. The number of carbonyl (C=O) groups is 1. The Balaban J connectivity index is 2.19. The van der Waals surface area contributed by atoms with Crippen molar-refractivity contribution in [2.45, 2.75) is 19.9 Å². The number of hydrogen-bond acceptors (Lipinski definition) is 4. The van der Waals surface area contributed by atoms with Crippen LogP contribution < -0.4 is 4.90 Å². The minimum Gasteiger partial charge on any atom is -0.478 e. The lowest BCUT2D eigenvalue weighted by Crippen LogP contribution is -2.49. The van der Waals surface area contributed by atoms with Crippen molar-refractivity contribution < 1.29 is 9.90 Å². The van der Waals surface area contributed by atoms with Gasteiger partial charge in [-0.05, 0) is 26.0 Å². The lowest BCUT2D eigenvalue weighted by atomic mass is 10.2. The average Bonchev–Trinajstić information content (AvgIpc) is 2.38. The molecule has 1 saturated heterocycles. The summed E-state index contributed by atoms with van der Waals surface area (Å²) < 4.78 is 0. The molecular weight excluding hydrogens is 266 g/mol. The third kappa shape index (κ3) is 3.16. The Morgan fingerprint density at radius 3 is 2.47 bits per heavy atom. The van der Waals surface area contributed by atoms with Gasteiger partial charge >= 0.3 is 5.97 Å². The first-order valence-corrected chi connectivity index (χ1v) is 6.75. The van der Waals surface area contributed by atoms with E-state index >= 15 is 0 Å². The molecule has 0 bridgehead atoms. The lowest BCUT2D eigenvalue weighted by Gasteiger charge is -2.37. The van der Waals surface area contributed by atoms with E-state index in [9.17, 15) is 9.90 Å². The number of nitrogens with zero attached hydrogens (tertiary/aromatic N) is 3. The van der Waals surface area contributed by atoms with Crippen LogP contribution in [0.3, 0.4) is 0 Å². The Hall–Kier alpha value is -1.33. The van der Waals surface area contributed by atoms with E-state index in [2.05, 4.69) is 23.7 Å². The molecule has 1 aromatic rings. The van der Waals surface area contributed by atoms with E-state index in [0.29, 0.717) is 17.0 Å². The van der Waals surface area contributed by atoms with Gasteiger partial charge < -0.3 is 10.0 Å². The summed E-state index contributed by atoms with van der Waals surface area (Å²) >= 11 is 5.88. The molecule has 0 atom stereocenters. The molecule has 1 N–H and O–H groups in total. The number of rotatable bonds is 3. The van der Waals surface area contributed by atoms with Crippen LogP contribution in [0, 0.1) is 0 Å². The Morgan fingerprint density at radius 2 is 1.95 bits per heavy atom. The highest BCUT2D eigenvalue weighted by molar-refractivity contribution is 6.29. The summed E-state index contributed by atoms with van der Waals surface area (Å²) in [4.78, 5) is 19.8. The first-order valence-electron chi connectivity index (χ1n) is 6.38. The van der Waals surface area contributed by atoms with Gasteiger partial charge in [0, 0.05) is 32.2 Å². The molecule has 5 nitrogen and oxygen atoms in total. The number of carboxylic acids is 1. The summed E-state index contributed by atoms with van der Waals surface area (Å²) in [6.07, 6.45) is 0. The van der Waals surface area contributed by atoms with Gasteiger partial charge in [-0.25, -0.2) is 9.78 Å². The van der Waals surface area contributed by atoms with Crippen molar-refractivity contribution in [3.05, 3.63) is 22.8 Å². The van der Waals surface area contributed by atoms with Crippen LogP contribution in [0.1, 0.15) is 24.2 Å². The van der Waals surface area contributed by atoms with Gasteiger partial charge in [-0.15, -0.1) is 0 Å². The summed E-state index contributed by atoms with van der Waals surface area (Å²) in [5.74, 6) is -0.492. The zero-order valence-electron chi connectivity index (χ0n) is 11.1. The van der Waals surface area contributed by atoms with Gasteiger partial charge in [0.1, 0.15) is 16.5 Å².